The fraction of sp³-hybridized carbons (Fsp3) is 0.936. The van der Waals surface area contributed by atoms with Crippen LogP contribution in [0.15, 0.2) is 0 Å². The highest BCUT2D eigenvalue weighted by Crippen LogP contribution is 2.16. The average Bonchev–Trinajstić information content (AvgIpc) is 3.14. The Hall–Kier alpha value is -1.59. The Balaban J connectivity index is 4.33. The van der Waals surface area contributed by atoms with Gasteiger partial charge in [-0.25, -0.2) is 0 Å². The maximum absolute atomic E-state index is 12.7. The number of ether oxygens (including phenoxy) is 3. The molecular weight excluding hydrogens is 661 g/mol. The summed E-state index contributed by atoms with van der Waals surface area (Å²) in [7, 11) is 0. The van der Waals surface area contributed by atoms with Gasteiger partial charge in [-0.15, -0.1) is 0 Å². The van der Waals surface area contributed by atoms with E-state index in [-0.39, 0.29) is 31.1 Å². The molecule has 1 atom stereocenters. The van der Waals surface area contributed by atoms with Crippen LogP contribution in [0.3, 0.4) is 0 Å². The lowest BCUT2D eigenvalue weighted by Gasteiger charge is -2.18. The molecule has 0 bridgehead atoms. The molecule has 0 spiro atoms. The largest absolute Gasteiger partial charge is 0.462 e. The lowest BCUT2D eigenvalue weighted by Crippen LogP contribution is -2.30. The zero-order valence-electron chi connectivity index (χ0n) is 36.0. The summed E-state index contributed by atoms with van der Waals surface area (Å²) in [6.45, 7) is 8.97. The fourth-order valence-electron chi connectivity index (χ4n) is 6.98. The summed E-state index contributed by atoms with van der Waals surface area (Å²) in [6.07, 6.45) is 40.8. The summed E-state index contributed by atoms with van der Waals surface area (Å²) in [6, 6.07) is 0. The molecule has 0 radical (unpaired) electrons. The Morgan fingerprint density at radius 1 is 0.358 bits per heavy atom. The van der Waals surface area contributed by atoms with Crippen molar-refractivity contribution in [1.82, 2.24) is 0 Å². The van der Waals surface area contributed by atoms with Crippen molar-refractivity contribution in [1.29, 1.82) is 0 Å². The van der Waals surface area contributed by atoms with E-state index in [0.717, 1.165) is 63.7 Å². The van der Waals surface area contributed by atoms with Gasteiger partial charge >= 0.3 is 17.9 Å². The number of hydrogen-bond acceptors (Lipinski definition) is 6. The second-order valence-electron chi connectivity index (χ2n) is 16.5. The van der Waals surface area contributed by atoms with Crippen LogP contribution in [0.4, 0.5) is 0 Å². The van der Waals surface area contributed by atoms with Gasteiger partial charge in [0.05, 0.1) is 0 Å². The fourth-order valence-corrected chi connectivity index (χ4v) is 6.98. The minimum absolute atomic E-state index is 0.0638. The predicted molar refractivity (Wildman–Crippen MR) is 224 cm³/mol. The van der Waals surface area contributed by atoms with E-state index in [1.165, 1.54) is 154 Å². The number of rotatable bonds is 42. The number of hydrogen-bond donors (Lipinski definition) is 0. The van der Waals surface area contributed by atoms with Gasteiger partial charge < -0.3 is 14.2 Å². The monoisotopic (exact) mass is 751 g/mol. The number of unbranched alkanes of at least 4 members (excludes halogenated alkanes) is 29. The van der Waals surface area contributed by atoms with Crippen LogP contribution < -0.4 is 0 Å². The standard InChI is InChI=1S/C47H90O6/c1-5-7-9-11-13-15-17-19-23-27-31-35-39-46(49)52-42-44(41-51-45(48)38-34-30-26-22-18-16-14-12-10-8-6-2)53-47(50)40-36-32-28-24-20-21-25-29-33-37-43(3)4/h43-44H,5-42H2,1-4H3/t44-/m1/s1. The normalized spacial score (nSPS) is 11.9. The Kier molecular flexibility index (Phi) is 40.3. The van der Waals surface area contributed by atoms with Crippen LogP contribution in [0, 0.1) is 5.92 Å². The lowest BCUT2D eigenvalue weighted by atomic mass is 10.0. The molecule has 0 heterocycles. The molecule has 0 unspecified atom stereocenters. The van der Waals surface area contributed by atoms with Crippen LogP contribution in [0.2, 0.25) is 0 Å². The molecule has 0 aromatic carbocycles. The first-order valence-corrected chi connectivity index (χ1v) is 23.4. The van der Waals surface area contributed by atoms with Crippen molar-refractivity contribution in [3.05, 3.63) is 0 Å². The van der Waals surface area contributed by atoms with Crippen molar-refractivity contribution in [3.63, 3.8) is 0 Å². The third-order valence-electron chi connectivity index (χ3n) is 10.5. The third kappa shape index (κ3) is 41.4. The van der Waals surface area contributed by atoms with Gasteiger partial charge in [-0.05, 0) is 25.2 Å². The average molecular weight is 751 g/mol. The van der Waals surface area contributed by atoms with Crippen LogP contribution in [-0.4, -0.2) is 37.2 Å². The Morgan fingerprint density at radius 3 is 0.925 bits per heavy atom. The first kappa shape index (κ1) is 51.4. The van der Waals surface area contributed by atoms with E-state index in [2.05, 4.69) is 27.7 Å². The van der Waals surface area contributed by atoms with Crippen molar-refractivity contribution in [2.75, 3.05) is 13.2 Å². The van der Waals surface area contributed by atoms with Gasteiger partial charge in [-0.3, -0.25) is 14.4 Å². The number of carbonyl (C=O) groups excluding carboxylic acids is 3. The van der Waals surface area contributed by atoms with Crippen LogP contribution in [0.25, 0.3) is 0 Å². The van der Waals surface area contributed by atoms with Gasteiger partial charge in [-0.1, -0.05) is 220 Å². The highest BCUT2D eigenvalue weighted by molar-refractivity contribution is 5.71. The molecular formula is C47H90O6. The molecule has 0 aromatic rings. The summed E-state index contributed by atoms with van der Waals surface area (Å²) in [4.78, 5) is 37.7. The summed E-state index contributed by atoms with van der Waals surface area (Å²) in [5.41, 5.74) is 0. The molecule has 6 nitrogen and oxygen atoms in total. The molecule has 53 heavy (non-hydrogen) atoms. The Morgan fingerprint density at radius 2 is 0.623 bits per heavy atom. The van der Waals surface area contributed by atoms with Gasteiger partial charge in [0.25, 0.3) is 0 Å². The molecule has 0 aliphatic rings. The predicted octanol–water partition coefficient (Wildman–Crippen LogP) is 14.7. The van der Waals surface area contributed by atoms with E-state index in [4.69, 9.17) is 14.2 Å². The SMILES string of the molecule is CCCCCCCCCCCCCCC(=O)OC[C@@H](COC(=O)CCCCCCCCCCCCC)OC(=O)CCCCCCCCCCCC(C)C. The minimum atomic E-state index is -0.759. The smallest absolute Gasteiger partial charge is 0.306 e. The van der Waals surface area contributed by atoms with Crippen LogP contribution >= 0.6 is 0 Å². The molecule has 0 fully saturated rings. The van der Waals surface area contributed by atoms with Crippen molar-refractivity contribution in [2.45, 2.75) is 265 Å². The zero-order valence-corrected chi connectivity index (χ0v) is 36.0. The van der Waals surface area contributed by atoms with Crippen LogP contribution in [-0.2, 0) is 28.6 Å². The van der Waals surface area contributed by atoms with E-state index in [0.29, 0.717) is 19.3 Å². The number of esters is 3. The number of carbonyl (C=O) groups is 3. The summed E-state index contributed by atoms with van der Waals surface area (Å²) in [5, 5.41) is 0. The van der Waals surface area contributed by atoms with E-state index in [1.807, 2.05) is 0 Å². The van der Waals surface area contributed by atoms with Crippen molar-refractivity contribution in [2.24, 2.45) is 5.92 Å². The zero-order chi connectivity index (χ0) is 38.9. The Labute approximate surface area is 329 Å². The topological polar surface area (TPSA) is 78.9 Å². The molecule has 0 amide bonds. The summed E-state index contributed by atoms with van der Waals surface area (Å²) < 4.78 is 16.7. The van der Waals surface area contributed by atoms with Gasteiger partial charge in [0.15, 0.2) is 6.10 Å². The molecule has 0 N–H and O–H groups in total. The van der Waals surface area contributed by atoms with Crippen LogP contribution in [0.5, 0.6) is 0 Å². The molecule has 0 aliphatic carbocycles. The first-order valence-electron chi connectivity index (χ1n) is 23.4. The first-order chi connectivity index (χ1) is 25.9. The summed E-state index contributed by atoms with van der Waals surface area (Å²) >= 11 is 0. The lowest BCUT2D eigenvalue weighted by molar-refractivity contribution is -0.167. The quantitative estimate of drug-likeness (QED) is 0.0351. The molecule has 0 saturated heterocycles. The molecule has 0 aromatic heterocycles. The molecule has 0 rings (SSSR count). The maximum atomic E-state index is 12.7. The minimum Gasteiger partial charge on any atom is -0.462 e. The van der Waals surface area contributed by atoms with Gasteiger partial charge in [0, 0.05) is 19.3 Å². The van der Waals surface area contributed by atoms with Gasteiger partial charge in [-0.2, -0.15) is 0 Å². The van der Waals surface area contributed by atoms with E-state index in [9.17, 15) is 14.4 Å². The van der Waals surface area contributed by atoms with Crippen molar-refractivity contribution >= 4 is 17.9 Å². The van der Waals surface area contributed by atoms with Gasteiger partial charge in [0.1, 0.15) is 13.2 Å². The second kappa shape index (κ2) is 41.6. The molecule has 6 heteroatoms. The highest BCUT2D eigenvalue weighted by atomic mass is 16.6. The van der Waals surface area contributed by atoms with Crippen molar-refractivity contribution in [3.8, 4) is 0 Å². The van der Waals surface area contributed by atoms with E-state index < -0.39 is 6.10 Å². The molecule has 0 saturated carbocycles. The van der Waals surface area contributed by atoms with Crippen molar-refractivity contribution < 1.29 is 28.6 Å². The van der Waals surface area contributed by atoms with Gasteiger partial charge in [0.2, 0.25) is 0 Å². The highest BCUT2D eigenvalue weighted by Gasteiger charge is 2.19. The second-order valence-corrected chi connectivity index (χ2v) is 16.5. The Bertz CT molecular complexity index is 796. The van der Waals surface area contributed by atoms with Crippen LogP contribution in [0.1, 0.15) is 259 Å². The van der Waals surface area contributed by atoms with E-state index in [1.54, 1.807) is 0 Å². The van der Waals surface area contributed by atoms with E-state index >= 15 is 0 Å². The molecule has 314 valence electrons. The maximum Gasteiger partial charge on any atom is 0.306 e. The summed E-state index contributed by atoms with van der Waals surface area (Å²) in [5.74, 6) is -0.0476. The third-order valence-corrected chi connectivity index (χ3v) is 10.5. The molecule has 0 aliphatic heterocycles.